The van der Waals surface area contributed by atoms with Gasteiger partial charge >= 0.3 is 0 Å². The Morgan fingerprint density at radius 3 is 2.94 bits per heavy atom. The molecule has 0 bridgehead atoms. The first-order valence-electron chi connectivity index (χ1n) is 6.05. The Labute approximate surface area is 101 Å². The van der Waals surface area contributed by atoms with Crippen molar-refractivity contribution in [3.63, 3.8) is 0 Å². The molecule has 1 aliphatic carbocycles. The summed E-state index contributed by atoms with van der Waals surface area (Å²) in [6, 6.07) is 4.38. The zero-order chi connectivity index (χ0) is 12.3. The fourth-order valence-corrected chi connectivity index (χ4v) is 2.03. The van der Waals surface area contributed by atoms with Gasteiger partial charge in [0.05, 0.1) is 0 Å². The molecule has 0 aromatic heterocycles. The van der Waals surface area contributed by atoms with E-state index in [-0.39, 0.29) is 18.0 Å². The fourth-order valence-electron chi connectivity index (χ4n) is 2.03. The van der Waals surface area contributed by atoms with Crippen molar-refractivity contribution in [1.29, 1.82) is 0 Å². The predicted molar refractivity (Wildman–Crippen MR) is 66.4 cm³/mol. The third-order valence-corrected chi connectivity index (χ3v) is 2.95. The lowest BCUT2D eigenvalue weighted by Crippen LogP contribution is -2.18. The Hall–Kier alpha value is -1.35. The molecule has 0 fully saturated rings. The Kier molecular flexibility index (Phi) is 3.79. The third-order valence-electron chi connectivity index (χ3n) is 2.95. The Morgan fingerprint density at radius 2 is 2.29 bits per heavy atom. The molecule has 0 heterocycles. The molecule has 0 aliphatic heterocycles. The molecule has 0 saturated heterocycles. The number of allylic oxidation sites excluding steroid dienone is 1. The molecular formula is C14H18FNO. The summed E-state index contributed by atoms with van der Waals surface area (Å²) >= 11 is 0. The summed E-state index contributed by atoms with van der Waals surface area (Å²) in [5.41, 5.74) is 6.70. The van der Waals surface area contributed by atoms with Gasteiger partial charge in [0, 0.05) is 17.7 Å². The number of hydrogen-bond acceptors (Lipinski definition) is 2. The Morgan fingerprint density at radius 1 is 1.47 bits per heavy atom. The van der Waals surface area contributed by atoms with Crippen LogP contribution in [0.2, 0.25) is 0 Å². The predicted octanol–water partition coefficient (Wildman–Crippen LogP) is 3.33. The number of ether oxygens (including phenoxy) is 1. The molecule has 0 radical (unpaired) electrons. The van der Waals surface area contributed by atoms with Crippen molar-refractivity contribution in [2.45, 2.75) is 38.3 Å². The van der Waals surface area contributed by atoms with Gasteiger partial charge in [0.15, 0.2) is 0 Å². The maximum absolute atomic E-state index is 13.2. The highest BCUT2D eigenvalue weighted by molar-refractivity contribution is 5.36. The summed E-state index contributed by atoms with van der Waals surface area (Å²) in [6.45, 7) is 1.87. The van der Waals surface area contributed by atoms with Gasteiger partial charge in [0.1, 0.15) is 17.7 Å². The van der Waals surface area contributed by atoms with Gasteiger partial charge in [0.25, 0.3) is 0 Å². The highest BCUT2D eigenvalue weighted by atomic mass is 19.1. The second-order valence-electron chi connectivity index (χ2n) is 4.49. The molecule has 17 heavy (non-hydrogen) atoms. The lowest BCUT2D eigenvalue weighted by molar-refractivity contribution is 0.226. The van der Waals surface area contributed by atoms with E-state index in [0.29, 0.717) is 5.75 Å². The van der Waals surface area contributed by atoms with Crippen LogP contribution in [0.1, 0.15) is 37.8 Å². The zero-order valence-electron chi connectivity index (χ0n) is 10.0. The van der Waals surface area contributed by atoms with Crippen molar-refractivity contribution in [3.8, 4) is 5.75 Å². The molecule has 1 aromatic carbocycles. The molecule has 0 amide bonds. The summed E-state index contributed by atoms with van der Waals surface area (Å²) in [5.74, 6) is 0.278. The van der Waals surface area contributed by atoms with Gasteiger partial charge in [-0.2, -0.15) is 0 Å². The van der Waals surface area contributed by atoms with E-state index in [1.165, 1.54) is 12.1 Å². The van der Waals surface area contributed by atoms with E-state index in [1.54, 1.807) is 6.07 Å². The van der Waals surface area contributed by atoms with Gasteiger partial charge in [-0.05, 0) is 38.3 Å². The van der Waals surface area contributed by atoms with Gasteiger partial charge in [-0.1, -0.05) is 12.1 Å². The molecule has 92 valence electrons. The average molecular weight is 235 g/mol. The van der Waals surface area contributed by atoms with Crippen LogP contribution in [0.4, 0.5) is 4.39 Å². The van der Waals surface area contributed by atoms with E-state index in [4.69, 9.17) is 10.5 Å². The minimum absolute atomic E-state index is 0.0445. The van der Waals surface area contributed by atoms with Crippen molar-refractivity contribution in [3.05, 3.63) is 41.7 Å². The minimum atomic E-state index is -0.288. The van der Waals surface area contributed by atoms with Gasteiger partial charge in [-0.3, -0.25) is 0 Å². The summed E-state index contributed by atoms with van der Waals surface area (Å²) in [6.07, 6.45) is 7.39. The molecule has 0 saturated carbocycles. The number of halogens is 1. The molecule has 2 nitrogen and oxygen atoms in total. The zero-order valence-corrected chi connectivity index (χ0v) is 10.0. The van der Waals surface area contributed by atoms with E-state index in [1.807, 2.05) is 13.0 Å². The number of rotatable bonds is 3. The Bertz CT molecular complexity index is 415. The molecular weight excluding hydrogens is 217 g/mol. The topological polar surface area (TPSA) is 35.2 Å². The van der Waals surface area contributed by atoms with Crippen LogP contribution in [0.5, 0.6) is 5.75 Å². The summed E-state index contributed by atoms with van der Waals surface area (Å²) < 4.78 is 19.0. The van der Waals surface area contributed by atoms with Crippen LogP contribution in [0.25, 0.3) is 0 Å². The number of nitrogens with two attached hydrogens (primary N) is 1. The second-order valence-corrected chi connectivity index (χ2v) is 4.49. The average Bonchev–Trinajstić information content (AvgIpc) is 2.30. The molecule has 3 heteroatoms. The summed E-state index contributed by atoms with van der Waals surface area (Å²) in [4.78, 5) is 0. The minimum Gasteiger partial charge on any atom is -0.486 e. The van der Waals surface area contributed by atoms with Crippen molar-refractivity contribution < 1.29 is 9.13 Å². The molecule has 0 spiro atoms. The number of hydrogen-bond donors (Lipinski definition) is 1. The van der Waals surface area contributed by atoms with Gasteiger partial charge in [-0.15, -0.1) is 0 Å². The van der Waals surface area contributed by atoms with E-state index >= 15 is 0 Å². The fraction of sp³-hybridized carbons (Fsp3) is 0.429. The van der Waals surface area contributed by atoms with Crippen molar-refractivity contribution >= 4 is 0 Å². The third kappa shape index (κ3) is 3.07. The van der Waals surface area contributed by atoms with Crippen LogP contribution in [0, 0.1) is 5.82 Å². The van der Waals surface area contributed by atoms with Crippen LogP contribution < -0.4 is 10.5 Å². The van der Waals surface area contributed by atoms with Crippen molar-refractivity contribution in [1.82, 2.24) is 0 Å². The summed E-state index contributed by atoms with van der Waals surface area (Å²) in [5, 5.41) is 0. The highest BCUT2D eigenvalue weighted by Gasteiger charge is 2.15. The SMILES string of the molecule is C[C@H](N)c1ccc(F)cc1OC1C=CCCC1. The first-order chi connectivity index (χ1) is 8.16. The maximum atomic E-state index is 13.2. The molecule has 1 aromatic rings. The van der Waals surface area contributed by atoms with E-state index in [9.17, 15) is 4.39 Å². The van der Waals surface area contributed by atoms with Gasteiger partial charge in [-0.25, -0.2) is 4.39 Å². The lowest BCUT2D eigenvalue weighted by atomic mass is 10.0. The largest absolute Gasteiger partial charge is 0.486 e. The van der Waals surface area contributed by atoms with Crippen molar-refractivity contribution in [2.75, 3.05) is 0 Å². The highest BCUT2D eigenvalue weighted by Crippen LogP contribution is 2.27. The van der Waals surface area contributed by atoms with Crippen molar-refractivity contribution in [2.24, 2.45) is 5.73 Å². The molecule has 2 atom stereocenters. The van der Waals surface area contributed by atoms with E-state index in [0.717, 1.165) is 24.8 Å². The molecule has 2 rings (SSSR count). The Balaban J connectivity index is 2.20. The first kappa shape index (κ1) is 12.1. The van der Waals surface area contributed by atoms with Crippen LogP contribution in [-0.4, -0.2) is 6.10 Å². The summed E-state index contributed by atoms with van der Waals surface area (Å²) in [7, 11) is 0. The first-order valence-corrected chi connectivity index (χ1v) is 6.05. The standard InChI is InChI=1S/C14H18FNO/c1-10(16)13-8-7-11(15)9-14(13)17-12-5-3-2-4-6-12/h3,5,7-10,12H,2,4,6,16H2,1H3/t10-,12?/m0/s1. The smallest absolute Gasteiger partial charge is 0.127 e. The maximum Gasteiger partial charge on any atom is 0.127 e. The van der Waals surface area contributed by atoms with Crippen LogP contribution in [0.15, 0.2) is 30.4 Å². The van der Waals surface area contributed by atoms with Crippen LogP contribution in [-0.2, 0) is 0 Å². The lowest BCUT2D eigenvalue weighted by Gasteiger charge is -2.21. The quantitative estimate of drug-likeness (QED) is 0.815. The van der Waals surface area contributed by atoms with Gasteiger partial charge in [0.2, 0.25) is 0 Å². The van der Waals surface area contributed by atoms with E-state index in [2.05, 4.69) is 6.08 Å². The van der Waals surface area contributed by atoms with Gasteiger partial charge < -0.3 is 10.5 Å². The normalized spacial score (nSPS) is 21.2. The number of benzene rings is 1. The second kappa shape index (κ2) is 5.32. The van der Waals surface area contributed by atoms with Crippen LogP contribution >= 0.6 is 0 Å². The molecule has 2 N–H and O–H groups in total. The molecule has 1 aliphatic rings. The van der Waals surface area contributed by atoms with Crippen LogP contribution in [0.3, 0.4) is 0 Å². The molecule has 1 unspecified atom stereocenters. The monoisotopic (exact) mass is 235 g/mol. The van der Waals surface area contributed by atoms with E-state index < -0.39 is 0 Å².